The molecule has 1 aromatic rings. The van der Waals surface area contributed by atoms with Crippen LogP contribution in [0, 0.1) is 5.92 Å². The molecule has 0 bridgehead atoms. The average Bonchev–Trinajstić information content (AvgIpc) is 2.91. The van der Waals surface area contributed by atoms with Crippen LogP contribution in [0.25, 0.3) is 0 Å². The lowest BCUT2D eigenvalue weighted by Gasteiger charge is -2.31. The van der Waals surface area contributed by atoms with E-state index in [0.29, 0.717) is 12.5 Å². The van der Waals surface area contributed by atoms with Gasteiger partial charge in [-0.2, -0.15) is 0 Å². The zero-order valence-corrected chi connectivity index (χ0v) is 12.4. The molecule has 4 nitrogen and oxygen atoms in total. The lowest BCUT2D eigenvalue weighted by Crippen LogP contribution is -2.41. The quantitative estimate of drug-likeness (QED) is 0.896. The summed E-state index contributed by atoms with van der Waals surface area (Å²) >= 11 is 3.48. The van der Waals surface area contributed by atoms with Crippen molar-refractivity contribution in [2.45, 2.75) is 12.8 Å². The number of fused-ring (bicyclic) bond motifs is 1. The molecule has 19 heavy (non-hydrogen) atoms. The first-order valence-corrected chi connectivity index (χ1v) is 7.58. The number of hydrogen-bond donors (Lipinski definition) is 2. The first kappa shape index (κ1) is 12.9. The Labute approximate surface area is 121 Å². The van der Waals surface area contributed by atoms with E-state index in [1.54, 1.807) is 0 Å². The maximum Gasteiger partial charge on any atom is 0.246 e. The van der Waals surface area contributed by atoms with Gasteiger partial charge in [-0.1, -0.05) is 15.9 Å². The van der Waals surface area contributed by atoms with Gasteiger partial charge in [0, 0.05) is 11.0 Å². The van der Waals surface area contributed by atoms with Gasteiger partial charge in [-0.05, 0) is 50.0 Å². The van der Waals surface area contributed by atoms with Crippen molar-refractivity contribution in [3.05, 3.63) is 22.7 Å². The Kier molecular flexibility index (Phi) is 3.75. The van der Waals surface area contributed by atoms with Gasteiger partial charge >= 0.3 is 0 Å². The van der Waals surface area contributed by atoms with Crippen LogP contribution in [0.5, 0.6) is 0 Å². The molecule has 2 aliphatic heterocycles. The highest BCUT2D eigenvalue weighted by atomic mass is 79.9. The molecule has 102 valence electrons. The number of carbonyl (C=O) groups excluding carboxylic acids is 1. The van der Waals surface area contributed by atoms with E-state index in [9.17, 15) is 4.79 Å². The molecule has 1 atom stereocenters. The Morgan fingerprint density at radius 2 is 2.32 bits per heavy atom. The van der Waals surface area contributed by atoms with Gasteiger partial charge in [-0.25, -0.2) is 0 Å². The van der Waals surface area contributed by atoms with E-state index >= 15 is 0 Å². The van der Waals surface area contributed by atoms with E-state index in [2.05, 4.69) is 26.6 Å². The number of benzene rings is 1. The Morgan fingerprint density at radius 3 is 3.11 bits per heavy atom. The summed E-state index contributed by atoms with van der Waals surface area (Å²) < 4.78 is 1.01. The van der Waals surface area contributed by atoms with Crippen molar-refractivity contribution in [3.8, 4) is 0 Å². The predicted molar refractivity (Wildman–Crippen MR) is 80.6 cm³/mol. The highest BCUT2D eigenvalue weighted by Crippen LogP contribution is 2.32. The Bertz CT molecular complexity index is 486. The van der Waals surface area contributed by atoms with E-state index in [-0.39, 0.29) is 5.91 Å². The average molecular weight is 324 g/mol. The maximum absolute atomic E-state index is 12.1. The standard InChI is InChI=1S/C14H18BrN3O/c15-11-1-2-12-13(7-11)18(14(19)9-17-12)6-4-10-3-5-16-8-10/h1-2,7,10,16-17H,3-6,8-9H2. The third kappa shape index (κ3) is 2.77. The number of rotatable bonds is 3. The Balaban J connectivity index is 1.76. The lowest BCUT2D eigenvalue weighted by molar-refractivity contribution is -0.117. The van der Waals surface area contributed by atoms with Crippen LogP contribution in [-0.4, -0.2) is 32.1 Å². The lowest BCUT2D eigenvalue weighted by atomic mass is 10.0. The molecule has 0 spiro atoms. The van der Waals surface area contributed by atoms with Gasteiger partial charge < -0.3 is 15.5 Å². The second-order valence-electron chi connectivity index (χ2n) is 5.21. The molecule has 2 heterocycles. The van der Waals surface area contributed by atoms with E-state index in [1.165, 1.54) is 6.42 Å². The largest absolute Gasteiger partial charge is 0.374 e. The molecule has 0 saturated carbocycles. The molecule has 0 aromatic heterocycles. The van der Waals surface area contributed by atoms with Crippen molar-refractivity contribution < 1.29 is 4.79 Å². The van der Waals surface area contributed by atoms with Crippen LogP contribution in [-0.2, 0) is 4.79 Å². The number of anilines is 2. The second-order valence-corrected chi connectivity index (χ2v) is 6.12. The highest BCUT2D eigenvalue weighted by molar-refractivity contribution is 9.10. The van der Waals surface area contributed by atoms with Crippen molar-refractivity contribution in [1.82, 2.24) is 5.32 Å². The Morgan fingerprint density at radius 1 is 1.42 bits per heavy atom. The first-order chi connectivity index (χ1) is 9.24. The number of nitrogens with one attached hydrogen (secondary N) is 2. The van der Waals surface area contributed by atoms with Crippen LogP contribution in [0.2, 0.25) is 0 Å². The summed E-state index contributed by atoms with van der Waals surface area (Å²) in [7, 11) is 0. The smallest absolute Gasteiger partial charge is 0.246 e. The zero-order chi connectivity index (χ0) is 13.2. The summed E-state index contributed by atoms with van der Waals surface area (Å²) in [5, 5.41) is 6.55. The van der Waals surface area contributed by atoms with E-state index < -0.39 is 0 Å². The van der Waals surface area contributed by atoms with Crippen LogP contribution < -0.4 is 15.5 Å². The van der Waals surface area contributed by atoms with Crippen LogP contribution in [0.15, 0.2) is 22.7 Å². The fraction of sp³-hybridized carbons (Fsp3) is 0.500. The molecule has 2 N–H and O–H groups in total. The van der Waals surface area contributed by atoms with E-state index in [1.807, 2.05) is 23.1 Å². The minimum atomic E-state index is 0.163. The van der Waals surface area contributed by atoms with Crippen LogP contribution in [0.4, 0.5) is 11.4 Å². The van der Waals surface area contributed by atoms with Crippen LogP contribution in [0.1, 0.15) is 12.8 Å². The first-order valence-electron chi connectivity index (χ1n) is 6.78. The van der Waals surface area contributed by atoms with Crippen molar-refractivity contribution in [1.29, 1.82) is 0 Å². The molecule has 1 fully saturated rings. The molecular formula is C14H18BrN3O. The summed E-state index contributed by atoms with van der Waals surface area (Å²) in [5.74, 6) is 0.870. The Hall–Kier alpha value is -1.07. The molecule has 1 amide bonds. The monoisotopic (exact) mass is 323 g/mol. The van der Waals surface area contributed by atoms with Crippen molar-refractivity contribution in [2.75, 3.05) is 36.4 Å². The van der Waals surface area contributed by atoms with Gasteiger partial charge in [-0.3, -0.25) is 4.79 Å². The molecule has 1 saturated heterocycles. The molecule has 0 aliphatic carbocycles. The summed E-state index contributed by atoms with van der Waals surface area (Å²) in [6.07, 6.45) is 2.30. The molecule has 5 heteroatoms. The fourth-order valence-electron chi connectivity index (χ4n) is 2.80. The van der Waals surface area contributed by atoms with Gasteiger partial charge in [0.25, 0.3) is 0 Å². The molecule has 3 rings (SSSR count). The van der Waals surface area contributed by atoms with Crippen LogP contribution in [0.3, 0.4) is 0 Å². The predicted octanol–water partition coefficient (Wildman–Crippen LogP) is 2.21. The molecule has 2 aliphatic rings. The summed E-state index contributed by atoms with van der Waals surface area (Å²) in [4.78, 5) is 14.0. The SMILES string of the molecule is O=C1CNc2ccc(Br)cc2N1CCC1CCNC1. The van der Waals surface area contributed by atoms with Gasteiger partial charge in [-0.15, -0.1) is 0 Å². The van der Waals surface area contributed by atoms with Gasteiger partial charge in [0.05, 0.1) is 17.9 Å². The highest BCUT2D eigenvalue weighted by Gasteiger charge is 2.25. The maximum atomic E-state index is 12.1. The number of nitrogens with zero attached hydrogens (tertiary/aromatic N) is 1. The molecule has 0 radical (unpaired) electrons. The van der Waals surface area contributed by atoms with Gasteiger partial charge in [0.15, 0.2) is 0 Å². The summed E-state index contributed by atoms with van der Waals surface area (Å²) in [5.41, 5.74) is 2.05. The molecule has 1 aromatic carbocycles. The number of hydrogen-bond acceptors (Lipinski definition) is 3. The van der Waals surface area contributed by atoms with Crippen molar-refractivity contribution in [3.63, 3.8) is 0 Å². The molecular weight excluding hydrogens is 306 g/mol. The second kappa shape index (κ2) is 5.51. The number of carbonyl (C=O) groups is 1. The summed E-state index contributed by atoms with van der Waals surface area (Å²) in [6.45, 7) is 3.42. The minimum Gasteiger partial charge on any atom is -0.374 e. The van der Waals surface area contributed by atoms with Crippen molar-refractivity contribution in [2.24, 2.45) is 5.92 Å². The zero-order valence-electron chi connectivity index (χ0n) is 10.8. The fourth-order valence-corrected chi connectivity index (χ4v) is 3.14. The third-order valence-corrected chi connectivity index (χ3v) is 4.40. The third-order valence-electron chi connectivity index (χ3n) is 3.91. The normalized spacial score (nSPS) is 22.3. The minimum absolute atomic E-state index is 0.163. The topological polar surface area (TPSA) is 44.4 Å². The van der Waals surface area contributed by atoms with Gasteiger partial charge in [0.1, 0.15) is 0 Å². The molecule has 1 unspecified atom stereocenters. The van der Waals surface area contributed by atoms with Gasteiger partial charge in [0.2, 0.25) is 5.91 Å². The number of halogens is 1. The van der Waals surface area contributed by atoms with Crippen molar-refractivity contribution >= 4 is 33.2 Å². The van der Waals surface area contributed by atoms with E-state index in [4.69, 9.17) is 0 Å². The van der Waals surface area contributed by atoms with E-state index in [0.717, 1.165) is 41.9 Å². The number of amides is 1. The van der Waals surface area contributed by atoms with Crippen LogP contribution >= 0.6 is 15.9 Å². The summed E-state index contributed by atoms with van der Waals surface area (Å²) in [6, 6.07) is 6.04.